The molecule has 144 valence electrons. The molecule has 1 aliphatic rings. The third kappa shape index (κ3) is 5.68. The first kappa shape index (κ1) is 20.7. The van der Waals surface area contributed by atoms with Crippen LogP contribution in [-0.2, 0) is 9.53 Å². The highest BCUT2D eigenvalue weighted by atomic mass is 35.5. The molecule has 7 nitrogen and oxygen atoms in total. The number of amides is 2. The van der Waals surface area contributed by atoms with Gasteiger partial charge in [-0.15, -0.1) is 12.4 Å². The van der Waals surface area contributed by atoms with Crippen LogP contribution in [0.2, 0.25) is 0 Å². The average molecular weight is 392 g/mol. The van der Waals surface area contributed by atoms with Crippen LogP contribution >= 0.6 is 12.4 Å². The van der Waals surface area contributed by atoms with Gasteiger partial charge >= 0.3 is 0 Å². The van der Waals surface area contributed by atoms with E-state index in [0.717, 1.165) is 5.75 Å². The Morgan fingerprint density at radius 3 is 2.26 bits per heavy atom. The predicted octanol–water partition coefficient (Wildman–Crippen LogP) is 2.30. The highest BCUT2D eigenvalue weighted by Gasteiger charge is 2.21. The summed E-state index contributed by atoms with van der Waals surface area (Å²) in [5.74, 6) is 0.344. The Bertz CT molecular complexity index is 760. The summed E-state index contributed by atoms with van der Waals surface area (Å²) in [5.41, 5.74) is 1.80. The van der Waals surface area contributed by atoms with Crippen LogP contribution in [0.1, 0.15) is 10.4 Å². The molecule has 1 fully saturated rings. The van der Waals surface area contributed by atoms with Crippen LogP contribution in [0, 0.1) is 0 Å². The molecule has 0 aliphatic carbocycles. The predicted molar refractivity (Wildman–Crippen MR) is 106 cm³/mol. The molecule has 1 heterocycles. The molecular formula is C19H22ClN3O4. The molecule has 0 spiro atoms. The van der Waals surface area contributed by atoms with Crippen molar-refractivity contribution in [1.82, 2.24) is 5.32 Å². The highest BCUT2D eigenvalue weighted by Crippen LogP contribution is 2.17. The molecular weight excluding hydrogens is 370 g/mol. The maximum absolute atomic E-state index is 12.3. The first-order valence-corrected chi connectivity index (χ1v) is 8.33. The van der Waals surface area contributed by atoms with E-state index in [2.05, 4.69) is 16.0 Å². The minimum absolute atomic E-state index is 0. The van der Waals surface area contributed by atoms with E-state index in [4.69, 9.17) is 9.47 Å². The lowest BCUT2D eigenvalue weighted by molar-refractivity contribution is -0.120. The standard InChI is InChI=1S/C19H21N3O4.ClH/c1-25-16-8-6-15(7-9-16)21-18(23)13-2-4-14(5-3-13)22-19(24)17-12-26-11-10-20-17;/h2-9,17,20H,10-12H2,1H3,(H,21,23)(H,22,24);1H. The number of morpholine rings is 1. The van der Waals surface area contributed by atoms with Gasteiger partial charge in [0.25, 0.3) is 5.91 Å². The molecule has 0 radical (unpaired) electrons. The van der Waals surface area contributed by atoms with Gasteiger partial charge in [0, 0.05) is 23.5 Å². The van der Waals surface area contributed by atoms with Crippen molar-refractivity contribution in [3.8, 4) is 5.75 Å². The number of carbonyl (C=O) groups excluding carboxylic acids is 2. The summed E-state index contributed by atoms with van der Waals surface area (Å²) >= 11 is 0. The van der Waals surface area contributed by atoms with E-state index in [9.17, 15) is 9.59 Å². The Morgan fingerprint density at radius 1 is 1.04 bits per heavy atom. The van der Waals surface area contributed by atoms with Gasteiger partial charge in [0.05, 0.1) is 20.3 Å². The second kappa shape index (κ2) is 9.91. The van der Waals surface area contributed by atoms with E-state index in [1.54, 1.807) is 55.6 Å². The zero-order valence-electron chi connectivity index (χ0n) is 14.9. The van der Waals surface area contributed by atoms with E-state index < -0.39 is 0 Å². The quantitative estimate of drug-likeness (QED) is 0.727. The molecule has 1 saturated heterocycles. The van der Waals surface area contributed by atoms with E-state index in [0.29, 0.717) is 36.7 Å². The van der Waals surface area contributed by atoms with Crippen LogP contribution < -0.4 is 20.7 Å². The van der Waals surface area contributed by atoms with Crippen LogP contribution in [0.25, 0.3) is 0 Å². The van der Waals surface area contributed by atoms with Crippen LogP contribution in [0.5, 0.6) is 5.75 Å². The number of ether oxygens (including phenoxy) is 2. The highest BCUT2D eigenvalue weighted by molar-refractivity contribution is 6.04. The van der Waals surface area contributed by atoms with Crippen molar-refractivity contribution in [2.24, 2.45) is 0 Å². The molecule has 3 N–H and O–H groups in total. The monoisotopic (exact) mass is 391 g/mol. The molecule has 3 rings (SSSR count). The van der Waals surface area contributed by atoms with Gasteiger partial charge in [-0.3, -0.25) is 9.59 Å². The smallest absolute Gasteiger partial charge is 0.255 e. The van der Waals surface area contributed by atoms with Crippen molar-refractivity contribution >= 4 is 35.6 Å². The van der Waals surface area contributed by atoms with Gasteiger partial charge in [-0.1, -0.05) is 0 Å². The number of benzene rings is 2. The number of anilines is 2. The lowest BCUT2D eigenvalue weighted by Gasteiger charge is -2.22. The second-order valence-corrected chi connectivity index (χ2v) is 5.83. The topological polar surface area (TPSA) is 88.7 Å². The van der Waals surface area contributed by atoms with Gasteiger partial charge in [0.15, 0.2) is 0 Å². The van der Waals surface area contributed by atoms with Crippen LogP contribution in [-0.4, -0.2) is 44.7 Å². The Balaban J connectivity index is 0.00000261. The van der Waals surface area contributed by atoms with Crippen LogP contribution in [0.15, 0.2) is 48.5 Å². The molecule has 0 aromatic heterocycles. The fourth-order valence-electron chi connectivity index (χ4n) is 2.55. The number of nitrogens with one attached hydrogen (secondary N) is 3. The summed E-state index contributed by atoms with van der Waals surface area (Å²) in [4.78, 5) is 24.4. The molecule has 2 aromatic rings. The average Bonchev–Trinajstić information content (AvgIpc) is 2.69. The number of methoxy groups -OCH3 is 1. The van der Waals surface area contributed by atoms with Crippen molar-refractivity contribution in [2.75, 3.05) is 37.5 Å². The lowest BCUT2D eigenvalue weighted by atomic mass is 10.1. The molecule has 1 atom stereocenters. The van der Waals surface area contributed by atoms with Crippen molar-refractivity contribution in [2.45, 2.75) is 6.04 Å². The number of rotatable bonds is 5. The minimum Gasteiger partial charge on any atom is -0.497 e. The van der Waals surface area contributed by atoms with Gasteiger partial charge < -0.3 is 25.4 Å². The summed E-state index contributed by atoms with van der Waals surface area (Å²) in [6.07, 6.45) is 0. The number of hydrogen-bond acceptors (Lipinski definition) is 5. The minimum atomic E-state index is -0.359. The number of carbonyl (C=O) groups is 2. The zero-order chi connectivity index (χ0) is 18.4. The third-order valence-corrected chi connectivity index (χ3v) is 4.00. The van der Waals surface area contributed by atoms with E-state index in [1.807, 2.05) is 0 Å². The summed E-state index contributed by atoms with van der Waals surface area (Å²) in [5, 5.41) is 8.72. The first-order valence-electron chi connectivity index (χ1n) is 8.33. The van der Waals surface area contributed by atoms with Crippen molar-refractivity contribution in [3.63, 3.8) is 0 Å². The van der Waals surface area contributed by atoms with Gasteiger partial charge in [-0.25, -0.2) is 0 Å². The molecule has 0 saturated carbocycles. The molecule has 27 heavy (non-hydrogen) atoms. The maximum Gasteiger partial charge on any atom is 0.255 e. The maximum atomic E-state index is 12.3. The van der Waals surface area contributed by atoms with Gasteiger partial charge in [0.1, 0.15) is 11.8 Å². The Labute approximate surface area is 163 Å². The van der Waals surface area contributed by atoms with Gasteiger partial charge in [0.2, 0.25) is 5.91 Å². The molecule has 1 aliphatic heterocycles. The van der Waals surface area contributed by atoms with E-state index in [1.165, 1.54) is 0 Å². The van der Waals surface area contributed by atoms with E-state index >= 15 is 0 Å². The van der Waals surface area contributed by atoms with Gasteiger partial charge in [-0.2, -0.15) is 0 Å². The SMILES string of the molecule is COc1ccc(NC(=O)c2ccc(NC(=O)C3COCCN3)cc2)cc1.Cl. The third-order valence-electron chi connectivity index (χ3n) is 4.00. The molecule has 2 aromatic carbocycles. The lowest BCUT2D eigenvalue weighted by Crippen LogP contribution is -2.48. The largest absolute Gasteiger partial charge is 0.497 e. The fraction of sp³-hybridized carbons (Fsp3) is 0.263. The van der Waals surface area contributed by atoms with Gasteiger partial charge in [-0.05, 0) is 48.5 Å². The number of hydrogen-bond donors (Lipinski definition) is 3. The number of halogens is 1. The normalized spacial score (nSPS) is 16.0. The summed E-state index contributed by atoms with van der Waals surface area (Å²) in [6.45, 7) is 1.62. The molecule has 2 amide bonds. The fourth-order valence-corrected chi connectivity index (χ4v) is 2.55. The molecule has 8 heteroatoms. The first-order chi connectivity index (χ1) is 12.7. The Morgan fingerprint density at radius 2 is 1.67 bits per heavy atom. The van der Waals surface area contributed by atoms with Crippen molar-refractivity contribution < 1.29 is 19.1 Å². The van der Waals surface area contributed by atoms with E-state index in [-0.39, 0.29) is 30.3 Å². The summed E-state index contributed by atoms with van der Waals surface area (Å²) in [7, 11) is 1.59. The second-order valence-electron chi connectivity index (χ2n) is 5.83. The Kier molecular flexibility index (Phi) is 7.60. The Hall–Kier alpha value is -2.61. The van der Waals surface area contributed by atoms with Crippen LogP contribution in [0.4, 0.5) is 11.4 Å². The van der Waals surface area contributed by atoms with Crippen LogP contribution in [0.3, 0.4) is 0 Å². The zero-order valence-corrected chi connectivity index (χ0v) is 15.7. The summed E-state index contributed by atoms with van der Waals surface area (Å²) in [6, 6.07) is 13.5. The van der Waals surface area contributed by atoms with Crippen molar-refractivity contribution in [3.05, 3.63) is 54.1 Å². The summed E-state index contributed by atoms with van der Waals surface area (Å²) < 4.78 is 10.4. The molecule has 1 unspecified atom stereocenters. The van der Waals surface area contributed by atoms with Crippen molar-refractivity contribution in [1.29, 1.82) is 0 Å². The molecule has 0 bridgehead atoms.